The van der Waals surface area contributed by atoms with Gasteiger partial charge in [-0.05, 0) is 19.3 Å². The van der Waals surface area contributed by atoms with Crippen LogP contribution >= 0.6 is 0 Å². The highest BCUT2D eigenvalue weighted by atomic mass is 16.5. The van der Waals surface area contributed by atoms with Crippen molar-refractivity contribution >= 4 is 0 Å². The minimum atomic E-state index is -1.45. The van der Waals surface area contributed by atoms with Crippen LogP contribution in [0, 0.1) is 5.92 Å². The van der Waals surface area contributed by atoms with E-state index in [9.17, 15) is 0 Å². The van der Waals surface area contributed by atoms with E-state index in [-0.39, 0.29) is 0 Å². The van der Waals surface area contributed by atoms with Crippen molar-refractivity contribution in [1.82, 2.24) is 0 Å². The minimum Gasteiger partial charge on any atom is -0.366 e. The zero-order valence-corrected chi connectivity index (χ0v) is 7.92. The summed E-state index contributed by atoms with van der Waals surface area (Å²) in [7, 11) is 0. The fourth-order valence-electron chi connectivity index (χ4n) is 1.95. The molecule has 0 aromatic carbocycles. The van der Waals surface area contributed by atoms with E-state index in [0.717, 1.165) is 12.3 Å². The van der Waals surface area contributed by atoms with Crippen LogP contribution in [-0.4, -0.2) is 16.0 Å². The quantitative estimate of drug-likeness (QED) is 0.640. The van der Waals surface area contributed by atoms with Crippen LogP contribution in [-0.2, 0) is 0 Å². The van der Waals surface area contributed by atoms with Gasteiger partial charge < -0.3 is 10.2 Å². The van der Waals surface area contributed by atoms with E-state index in [4.69, 9.17) is 10.2 Å². The normalized spacial score (nSPS) is 21.2. The Balaban J connectivity index is 2.13. The number of aliphatic hydroxyl groups is 2. The monoisotopic (exact) mass is 172 g/mol. The van der Waals surface area contributed by atoms with Gasteiger partial charge in [-0.2, -0.15) is 0 Å². The van der Waals surface area contributed by atoms with Crippen LogP contribution in [0.2, 0.25) is 0 Å². The lowest BCUT2D eigenvalue weighted by Crippen LogP contribution is -2.24. The van der Waals surface area contributed by atoms with Crippen molar-refractivity contribution in [2.24, 2.45) is 5.92 Å². The van der Waals surface area contributed by atoms with Gasteiger partial charge in [-0.3, -0.25) is 0 Å². The molecule has 1 fully saturated rings. The van der Waals surface area contributed by atoms with Gasteiger partial charge in [0.05, 0.1) is 0 Å². The Morgan fingerprint density at radius 3 is 2.25 bits per heavy atom. The molecule has 0 heterocycles. The first-order chi connectivity index (χ1) is 5.58. The summed E-state index contributed by atoms with van der Waals surface area (Å²) in [5, 5.41) is 18.2. The number of rotatable bonds is 3. The molecule has 2 heteroatoms. The van der Waals surface area contributed by atoms with E-state index in [1.165, 1.54) is 39.0 Å². The first-order valence-corrected chi connectivity index (χ1v) is 5.03. The molecule has 1 rings (SSSR count). The molecule has 0 spiro atoms. The number of hydrogen-bond donors (Lipinski definition) is 2. The summed E-state index contributed by atoms with van der Waals surface area (Å²) in [6.07, 6.45) is 8.11. The lowest BCUT2D eigenvalue weighted by Gasteiger charge is -2.24. The molecule has 72 valence electrons. The van der Waals surface area contributed by atoms with Gasteiger partial charge in [-0.1, -0.05) is 32.1 Å². The second-order valence-electron chi connectivity index (χ2n) is 4.26. The molecule has 0 radical (unpaired) electrons. The molecule has 1 saturated carbocycles. The lowest BCUT2D eigenvalue weighted by molar-refractivity contribution is -0.152. The van der Waals surface area contributed by atoms with Crippen LogP contribution in [0.5, 0.6) is 0 Å². The van der Waals surface area contributed by atoms with E-state index < -0.39 is 5.79 Å². The molecule has 0 saturated heterocycles. The van der Waals surface area contributed by atoms with E-state index in [2.05, 4.69) is 0 Å². The van der Waals surface area contributed by atoms with Gasteiger partial charge in [0.15, 0.2) is 5.79 Å². The van der Waals surface area contributed by atoms with Crippen LogP contribution in [0.3, 0.4) is 0 Å². The Morgan fingerprint density at radius 2 is 1.75 bits per heavy atom. The molecule has 0 bridgehead atoms. The topological polar surface area (TPSA) is 40.5 Å². The van der Waals surface area contributed by atoms with Crippen molar-refractivity contribution in [2.75, 3.05) is 0 Å². The third kappa shape index (κ3) is 4.07. The fraction of sp³-hybridized carbons (Fsp3) is 1.00. The second kappa shape index (κ2) is 4.24. The SMILES string of the molecule is CC(O)(O)CCC1CCCCC1. The predicted molar refractivity (Wildman–Crippen MR) is 48.7 cm³/mol. The Labute approximate surface area is 74.6 Å². The summed E-state index contributed by atoms with van der Waals surface area (Å²) < 4.78 is 0. The number of hydrogen-bond acceptors (Lipinski definition) is 2. The molecule has 0 aromatic rings. The van der Waals surface area contributed by atoms with Crippen LogP contribution < -0.4 is 0 Å². The average Bonchev–Trinajstić information content (AvgIpc) is 2.02. The summed E-state index contributed by atoms with van der Waals surface area (Å²) in [6, 6.07) is 0. The Morgan fingerprint density at radius 1 is 1.17 bits per heavy atom. The van der Waals surface area contributed by atoms with Gasteiger partial charge in [0, 0.05) is 6.42 Å². The summed E-state index contributed by atoms with van der Waals surface area (Å²) in [5.41, 5.74) is 0. The maximum atomic E-state index is 9.10. The summed E-state index contributed by atoms with van der Waals surface area (Å²) in [6.45, 7) is 1.47. The molecule has 1 aliphatic carbocycles. The average molecular weight is 172 g/mol. The van der Waals surface area contributed by atoms with Crippen LogP contribution in [0.25, 0.3) is 0 Å². The molecule has 0 aliphatic heterocycles. The minimum absolute atomic E-state index is 0.525. The first-order valence-electron chi connectivity index (χ1n) is 5.03. The van der Waals surface area contributed by atoms with Crippen LogP contribution in [0.15, 0.2) is 0 Å². The summed E-state index contributed by atoms with van der Waals surface area (Å²) in [5.74, 6) is -0.699. The standard InChI is InChI=1S/C10H20O2/c1-10(11,12)8-7-9-5-3-2-4-6-9/h9,11-12H,2-8H2,1H3. The molecule has 0 amide bonds. The predicted octanol–water partition coefficient (Wildman–Crippen LogP) is 2.05. The largest absolute Gasteiger partial charge is 0.366 e. The molecule has 12 heavy (non-hydrogen) atoms. The van der Waals surface area contributed by atoms with E-state index >= 15 is 0 Å². The Hall–Kier alpha value is -0.0800. The molecular weight excluding hydrogens is 152 g/mol. The Kier molecular flexibility index (Phi) is 3.53. The highest BCUT2D eigenvalue weighted by Crippen LogP contribution is 2.28. The van der Waals surface area contributed by atoms with Crippen molar-refractivity contribution in [2.45, 2.75) is 57.7 Å². The van der Waals surface area contributed by atoms with Crippen molar-refractivity contribution in [3.63, 3.8) is 0 Å². The zero-order chi connectivity index (χ0) is 9.03. The third-order valence-corrected chi connectivity index (χ3v) is 2.75. The summed E-state index contributed by atoms with van der Waals surface area (Å²) in [4.78, 5) is 0. The molecule has 2 nitrogen and oxygen atoms in total. The van der Waals surface area contributed by atoms with E-state index in [1.54, 1.807) is 0 Å². The highest BCUT2D eigenvalue weighted by Gasteiger charge is 2.19. The maximum absolute atomic E-state index is 9.10. The molecule has 1 aliphatic rings. The van der Waals surface area contributed by atoms with Crippen LogP contribution in [0.1, 0.15) is 51.9 Å². The van der Waals surface area contributed by atoms with Gasteiger partial charge >= 0.3 is 0 Å². The van der Waals surface area contributed by atoms with Crippen molar-refractivity contribution in [1.29, 1.82) is 0 Å². The van der Waals surface area contributed by atoms with E-state index in [0.29, 0.717) is 6.42 Å². The third-order valence-electron chi connectivity index (χ3n) is 2.75. The van der Waals surface area contributed by atoms with Crippen molar-refractivity contribution in [3.8, 4) is 0 Å². The van der Waals surface area contributed by atoms with Crippen molar-refractivity contribution < 1.29 is 10.2 Å². The second-order valence-corrected chi connectivity index (χ2v) is 4.26. The first kappa shape index (κ1) is 10.0. The van der Waals surface area contributed by atoms with Crippen LogP contribution in [0.4, 0.5) is 0 Å². The lowest BCUT2D eigenvalue weighted by atomic mass is 9.85. The van der Waals surface area contributed by atoms with Gasteiger partial charge in [0.25, 0.3) is 0 Å². The smallest absolute Gasteiger partial charge is 0.159 e. The van der Waals surface area contributed by atoms with E-state index in [1.807, 2.05) is 0 Å². The van der Waals surface area contributed by atoms with Gasteiger partial charge in [-0.15, -0.1) is 0 Å². The fourth-order valence-corrected chi connectivity index (χ4v) is 1.95. The van der Waals surface area contributed by atoms with Crippen molar-refractivity contribution in [3.05, 3.63) is 0 Å². The Bertz CT molecular complexity index is 120. The molecular formula is C10H20O2. The molecule has 0 aromatic heterocycles. The van der Waals surface area contributed by atoms with Gasteiger partial charge in [0.2, 0.25) is 0 Å². The molecule has 2 N–H and O–H groups in total. The maximum Gasteiger partial charge on any atom is 0.159 e. The molecule has 0 atom stereocenters. The molecule has 0 unspecified atom stereocenters. The summed E-state index contributed by atoms with van der Waals surface area (Å²) >= 11 is 0. The van der Waals surface area contributed by atoms with Gasteiger partial charge in [-0.25, -0.2) is 0 Å². The zero-order valence-electron chi connectivity index (χ0n) is 7.92. The highest BCUT2D eigenvalue weighted by molar-refractivity contribution is 4.68. The van der Waals surface area contributed by atoms with Gasteiger partial charge in [0.1, 0.15) is 0 Å².